The van der Waals surface area contributed by atoms with Crippen LogP contribution < -0.4 is 29.6 Å². The smallest absolute Gasteiger partial charge is 0.387 e. The molecule has 162 valence electrons. The van der Waals surface area contributed by atoms with Gasteiger partial charge in [-0.1, -0.05) is 12.1 Å². The van der Waals surface area contributed by atoms with Crippen molar-refractivity contribution in [3.8, 4) is 28.7 Å². The third kappa shape index (κ3) is 5.13. The van der Waals surface area contributed by atoms with Gasteiger partial charge in [-0.2, -0.15) is 8.78 Å². The second-order valence-electron chi connectivity index (χ2n) is 6.21. The predicted octanol–water partition coefficient (Wildman–Crippen LogP) is 2.99. The Bertz CT molecular complexity index is 908. The molecule has 0 spiro atoms. The number of nitrogens with one attached hydrogen (secondary N) is 2. The van der Waals surface area contributed by atoms with Crippen LogP contribution in [0.25, 0.3) is 0 Å². The molecule has 0 bridgehead atoms. The number of guanidine groups is 1. The number of hydrogen-bond acceptors (Lipinski definition) is 6. The number of hydrogen-bond donors (Lipinski definition) is 3. The van der Waals surface area contributed by atoms with E-state index in [0.717, 1.165) is 0 Å². The van der Waals surface area contributed by atoms with Gasteiger partial charge in [0.15, 0.2) is 29.0 Å². The molecule has 3 N–H and O–H groups in total. The van der Waals surface area contributed by atoms with Gasteiger partial charge in [-0.25, -0.2) is 4.99 Å². The number of para-hydroxylation sites is 1. The maximum atomic E-state index is 12.8. The van der Waals surface area contributed by atoms with E-state index in [1.807, 2.05) is 6.92 Å². The Balaban J connectivity index is 1.76. The number of halogens is 2. The van der Waals surface area contributed by atoms with Crippen LogP contribution in [0.1, 0.15) is 18.1 Å². The van der Waals surface area contributed by atoms with E-state index in [-0.39, 0.29) is 31.4 Å². The molecule has 3 rings (SSSR count). The van der Waals surface area contributed by atoms with E-state index in [1.165, 1.54) is 13.2 Å². The van der Waals surface area contributed by atoms with Gasteiger partial charge in [-0.15, -0.1) is 0 Å². The van der Waals surface area contributed by atoms with E-state index in [2.05, 4.69) is 20.4 Å². The van der Waals surface area contributed by atoms with E-state index < -0.39 is 6.61 Å². The summed E-state index contributed by atoms with van der Waals surface area (Å²) in [5.74, 6) is 1.59. The summed E-state index contributed by atoms with van der Waals surface area (Å²) in [4.78, 5) is 4.42. The first-order valence-electron chi connectivity index (χ1n) is 9.26. The van der Waals surface area contributed by atoms with E-state index in [0.29, 0.717) is 40.9 Å². The minimum atomic E-state index is -2.98. The van der Waals surface area contributed by atoms with Crippen molar-refractivity contribution in [3.05, 3.63) is 41.5 Å². The highest BCUT2D eigenvalue weighted by Gasteiger charge is 2.20. The molecule has 8 nitrogen and oxygen atoms in total. The fourth-order valence-corrected chi connectivity index (χ4v) is 2.85. The molecule has 2 aromatic carbocycles. The van der Waals surface area contributed by atoms with E-state index in [9.17, 15) is 13.9 Å². The number of benzene rings is 2. The van der Waals surface area contributed by atoms with Gasteiger partial charge >= 0.3 is 6.61 Å². The number of phenolic OH excluding ortho intramolecular Hbond substituents is 1. The summed E-state index contributed by atoms with van der Waals surface area (Å²) in [6, 6.07) is 8.11. The maximum absolute atomic E-state index is 12.8. The van der Waals surface area contributed by atoms with Crippen LogP contribution in [0.2, 0.25) is 0 Å². The summed E-state index contributed by atoms with van der Waals surface area (Å²) in [6.07, 6.45) is 0. The minimum absolute atomic E-state index is 0.0183. The molecule has 10 heteroatoms. The molecule has 2 aromatic rings. The van der Waals surface area contributed by atoms with Crippen LogP contribution in [-0.4, -0.2) is 38.1 Å². The third-order valence-electron chi connectivity index (χ3n) is 4.27. The zero-order valence-electron chi connectivity index (χ0n) is 16.6. The monoisotopic (exact) mass is 423 g/mol. The number of rotatable bonds is 8. The second-order valence-corrected chi connectivity index (χ2v) is 6.21. The van der Waals surface area contributed by atoms with Crippen LogP contribution in [0.4, 0.5) is 8.78 Å². The molecule has 0 atom stereocenters. The molecule has 0 amide bonds. The number of ether oxygens (including phenoxy) is 4. The Hall–Kier alpha value is -3.43. The van der Waals surface area contributed by atoms with Crippen molar-refractivity contribution in [1.82, 2.24) is 10.6 Å². The lowest BCUT2D eigenvalue weighted by atomic mass is 10.1. The molecular weight excluding hydrogens is 400 g/mol. The topological polar surface area (TPSA) is 93.6 Å². The SMILES string of the molecule is CCNC(=NCc1cc2c(cc1OC(F)F)OCO2)NCc1cccc(OC)c1O. The normalized spacial score (nSPS) is 12.8. The van der Waals surface area contributed by atoms with Gasteiger partial charge in [0.1, 0.15) is 5.75 Å². The molecule has 0 aliphatic carbocycles. The molecule has 1 heterocycles. The molecule has 1 aliphatic rings. The molecule has 30 heavy (non-hydrogen) atoms. The maximum Gasteiger partial charge on any atom is 0.387 e. The summed E-state index contributed by atoms with van der Waals surface area (Å²) in [7, 11) is 1.47. The number of aromatic hydroxyl groups is 1. The largest absolute Gasteiger partial charge is 0.504 e. The standard InChI is InChI=1S/C20H23F2N3O5/c1-3-23-20(24-9-12-5-4-6-14(27-2)18(12)26)25-10-13-7-16-17(29-11-28-16)8-15(13)30-19(21)22/h4-8,19,26H,3,9-11H2,1-2H3,(H2,23,24,25). The summed E-state index contributed by atoms with van der Waals surface area (Å²) < 4.78 is 45.8. The Kier molecular flexibility index (Phi) is 6.99. The number of alkyl halides is 2. The fraction of sp³-hybridized carbons (Fsp3) is 0.350. The van der Waals surface area contributed by atoms with E-state index in [4.69, 9.17) is 14.2 Å². The molecule has 0 fully saturated rings. The zero-order chi connectivity index (χ0) is 21.5. The van der Waals surface area contributed by atoms with Crippen molar-refractivity contribution < 1.29 is 32.8 Å². The van der Waals surface area contributed by atoms with Gasteiger partial charge in [-0.05, 0) is 19.1 Å². The Morgan fingerprint density at radius 1 is 1.17 bits per heavy atom. The van der Waals surface area contributed by atoms with Crippen LogP contribution in [-0.2, 0) is 13.1 Å². The van der Waals surface area contributed by atoms with Crippen LogP contribution in [0.3, 0.4) is 0 Å². The predicted molar refractivity (Wildman–Crippen MR) is 106 cm³/mol. The average Bonchev–Trinajstić information content (AvgIpc) is 3.17. The van der Waals surface area contributed by atoms with Gasteiger partial charge in [0.2, 0.25) is 6.79 Å². The highest BCUT2D eigenvalue weighted by atomic mass is 19.3. The van der Waals surface area contributed by atoms with Crippen molar-refractivity contribution in [2.24, 2.45) is 4.99 Å². The van der Waals surface area contributed by atoms with Gasteiger partial charge in [0.25, 0.3) is 0 Å². The van der Waals surface area contributed by atoms with Gasteiger partial charge in [0.05, 0.1) is 13.7 Å². The lowest BCUT2D eigenvalue weighted by molar-refractivity contribution is -0.0505. The Labute approximate surface area is 172 Å². The van der Waals surface area contributed by atoms with Crippen LogP contribution >= 0.6 is 0 Å². The number of fused-ring (bicyclic) bond motifs is 1. The summed E-state index contributed by atoms with van der Waals surface area (Å²) in [6.45, 7) is -0.154. The molecule has 0 radical (unpaired) electrons. The zero-order valence-corrected chi connectivity index (χ0v) is 16.6. The van der Waals surface area contributed by atoms with Crippen molar-refractivity contribution in [2.45, 2.75) is 26.6 Å². The lowest BCUT2D eigenvalue weighted by Crippen LogP contribution is -2.36. The van der Waals surface area contributed by atoms with Crippen LogP contribution in [0.15, 0.2) is 35.3 Å². The number of aliphatic imine (C=N–C) groups is 1. The Morgan fingerprint density at radius 3 is 2.63 bits per heavy atom. The van der Waals surface area contributed by atoms with Crippen molar-refractivity contribution in [2.75, 3.05) is 20.4 Å². The number of methoxy groups -OCH3 is 1. The summed E-state index contributed by atoms with van der Waals surface area (Å²) in [5, 5.41) is 16.4. The average molecular weight is 423 g/mol. The molecule has 1 aliphatic heterocycles. The molecule has 0 aromatic heterocycles. The van der Waals surface area contributed by atoms with E-state index >= 15 is 0 Å². The third-order valence-corrected chi connectivity index (χ3v) is 4.27. The number of nitrogens with zero attached hydrogens (tertiary/aromatic N) is 1. The van der Waals surface area contributed by atoms with Crippen molar-refractivity contribution in [3.63, 3.8) is 0 Å². The van der Waals surface area contributed by atoms with Crippen LogP contribution in [0.5, 0.6) is 28.7 Å². The highest BCUT2D eigenvalue weighted by molar-refractivity contribution is 5.80. The van der Waals surface area contributed by atoms with E-state index in [1.54, 1.807) is 24.3 Å². The first-order valence-corrected chi connectivity index (χ1v) is 9.26. The Morgan fingerprint density at radius 2 is 1.93 bits per heavy atom. The number of phenols is 1. The summed E-state index contributed by atoms with van der Waals surface area (Å²) >= 11 is 0. The highest BCUT2D eigenvalue weighted by Crippen LogP contribution is 2.39. The van der Waals surface area contributed by atoms with Crippen LogP contribution in [0, 0.1) is 0 Å². The van der Waals surface area contributed by atoms with Gasteiger partial charge in [-0.3, -0.25) is 0 Å². The molecule has 0 unspecified atom stereocenters. The first kappa shape index (κ1) is 21.3. The first-order chi connectivity index (χ1) is 14.5. The molecular formula is C20H23F2N3O5. The molecule has 0 saturated carbocycles. The quantitative estimate of drug-likeness (QED) is 0.444. The second kappa shape index (κ2) is 9.86. The van der Waals surface area contributed by atoms with Crippen molar-refractivity contribution in [1.29, 1.82) is 0 Å². The molecule has 0 saturated heterocycles. The van der Waals surface area contributed by atoms with Gasteiger partial charge < -0.3 is 34.7 Å². The summed E-state index contributed by atoms with van der Waals surface area (Å²) in [5.41, 5.74) is 1.03. The fourth-order valence-electron chi connectivity index (χ4n) is 2.85. The minimum Gasteiger partial charge on any atom is -0.504 e. The lowest BCUT2D eigenvalue weighted by Gasteiger charge is -2.14. The van der Waals surface area contributed by atoms with Gasteiger partial charge in [0, 0.05) is 30.3 Å². The van der Waals surface area contributed by atoms with Crippen molar-refractivity contribution >= 4 is 5.96 Å².